The van der Waals surface area contributed by atoms with E-state index in [0.29, 0.717) is 18.6 Å². The highest BCUT2D eigenvalue weighted by molar-refractivity contribution is 5.78. The smallest absolute Gasteiger partial charge is 0.313 e. The van der Waals surface area contributed by atoms with Crippen molar-refractivity contribution in [1.82, 2.24) is 0 Å². The number of carbonyl (C=O) groups is 1. The number of rotatable bonds is 5. The Morgan fingerprint density at radius 2 is 2.06 bits per heavy atom. The molecule has 0 bridgehead atoms. The molecule has 94 valence electrons. The predicted molar refractivity (Wildman–Crippen MR) is 65.4 cm³/mol. The molecule has 1 aromatic rings. The molecule has 1 rings (SSSR count). The molecular weight excluding hydrogens is 219 g/mol. The molecule has 0 aliphatic rings. The second-order valence-electron chi connectivity index (χ2n) is 4.16. The summed E-state index contributed by atoms with van der Waals surface area (Å²) < 4.78 is 18.4. The standard InChI is InChI=1S/C14H19FO2/c1-4-6-13(14(16)17-5-2)11-7-10(3)8-12(15)9-11/h7-9,13H,4-6H2,1-3H3. The number of aryl methyl sites for hydroxylation is 1. The highest BCUT2D eigenvalue weighted by Crippen LogP contribution is 2.24. The number of carbonyl (C=O) groups excluding carboxylic acids is 1. The summed E-state index contributed by atoms with van der Waals surface area (Å²) in [4.78, 5) is 11.8. The Balaban J connectivity index is 3.00. The molecular formula is C14H19FO2. The van der Waals surface area contributed by atoms with Crippen LogP contribution < -0.4 is 0 Å². The Hall–Kier alpha value is -1.38. The van der Waals surface area contributed by atoms with Crippen molar-refractivity contribution < 1.29 is 13.9 Å². The van der Waals surface area contributed by atoms with Gasteiger partial charge in [-0.25, -0.2) is 4.39 Å². The molecule has 0 saturated heterocycles. The van der Waals surface area contributed by atoms with Gasteiger partial charge in [-0.2, -0.15) is 0 Å². The quantitative estimate of drug-likeness (QED) is 0.733. The van der Waals surface area contributed by atoms with Gasteiger partial charge in [-0.05, 0) is 43.5 Å². The molecule has 0 N–H and O–H groups in total. The Kier molecular flexibility index (Phi) is 5.13. The van der Waals surface area contributed by atoms with Gasteiger partial charge in [-0.1, -0.05) is 19.4 Å². The van der Waals surface area contributed by atoms with Gasteiger partial charge in [0.2, 0.25) is 0 Å². The fraction of sp³-hybridized carbons (Fsp3) is 0.500. The van der Waals surface area contributed by atoms with Crippen LogP contribution in [0, 0.1) is 12.7 Å². The molecule has 2 nitrogen and oxygen atoms in total. The van der Waals surface area contributed by atoms with Crippen molar-refractivity contribution in [2.75, 3.05) is 6.61 Å². The first-order valence-electron chi connectivity index (χ1n) is 6.02. The summed E-state index contributed by atoms with van der Waals surface area (Å²) in [6.07, 6.45) is 1.54. The van der Waals surface area contributed by atoms with Crippen LogP contribution in [0.3, 0.4) is 0 Å². The number of esters is 1. The number of ether oxygens (including phenoxy) is 1. The van der Waals surface area contributed by atoms with Crippen molar-refractivity contribution in [2.24, 2.45) is 0 Å². The number of benzene rings is 1. The number of hydrogen-bond acceptors (Lipinski definition) is 2. The summed E-state index contributed by atoms with van der Waals surface area (Å²) in [7, 11) is 0. The van der Waals surface area contributed by atoms with Gasteiger partial charge >= 0.3 is 5.97 Å². The van der Waals surface area contributed by atoms with Crippen molar-refractivity contribution in [1.29, 1.82) is 0 Å². The van der Waals surface area contributed by atoms with E-state index in [2.05, 4.69) is 0 Å². The Bertz CT molecular complexity index is 368. The molecule has 0 aromatic heterocycles. The summed E-state index contributed by atoms with van der Waals surface area (Å²) in [5.41, 5.74) is 1.54. The summed E-state index contributed by atoms with van der Waals surface area (Å²) in [6.45, 7) is 5.95. The van der Waals surface area contributed by atoms with E-state index in [1.54, 1.807) is 6.92 Å². The van der Waals surface area contributed by atoms with E-state index in [0.717, 1.165) is 12.0 Å². The van der Waals surface area contributed by atoms with E-state index < -0.39 is 0 Å². The summed E-state index contributed by atoms with van der Waals surface area (Å²) in [6, 6.07) is 4.72. The molecule has 0 amide bonds. The molecule has 0 aliphatic heterocycles. The van der Waals surface area contributed by atoms with Crippen LogP contribution in [0.15, 0.2) is 18.2 Å². The molecule has 3 heteroatoms. The van der Waals surface area contributed by atoms with Crippen LogP contribution in [0.5, 0.6) is 0 Å². The van der Waals surface area contributed by atoms with Crippen LogP contribution in [-0.4, -0.2) is 12.6 Å². The topological polar surface area (TPSA) is 26.3 Å². The third-order valence-corrected chi connectivity index (χ3v) is 2.62. The van der Waals surface area contributed by atoms with Gasteiger partial charge < -0.3 is 4.74 Å². The van der Waals surface area contributed by atoms with E-state index in [-0.39, 0.29) is 17.7 Å². The van der Waals surface area contributed by atoms with E-state index in [1.807, 2.05) is 19.9 Å². The minimum Gasteiger partial charge on any atom is -0.466 e. The maximum Gasteiger partial charge on any atom is 0.313 e. The maximum absolute atomic E-state index is 13.3. The lowest BCUT2D eigenvalue weighted by molar-refractivity contribution is -0.145. The molecule has 17 heavy (non-hydrogen) atoms. The molecule has 1 aromatic carbocycles. The molecule has 0 aliphatic carbocycles. The minimum atomic E-state index is -0.352. The van der Waals surface area contributed by atoms with Crippen LogP contribution in [-0.2, 0) is 9.53 Å². The van der Waals surface area contributed by atoms with Gasteiger partial charge in [0.1, 0.15) is 5.82 Å². The molecule has 0 radical (unpaired) electrons. The maximum atomic E-state index is 13.3. The van der Waals surface area contributed by atoms with E-state index in [9.17, 15) is 9.18 Å². The van der Waals surface area contributed by atoms with Crippen LogP contribution in [0.2, 0.25) is 0 Å². The van der Waals surface area contributed by atoms with Gasteiger partial charge in [0, 0.05) is 0 Å². The summed E-state index contributed by atoms with van der Waals surface area (Å²) >= 11 is 0. The third kappa shape index (κ3) is 3.84. The molecule has 0 fully saturated rings. The number of halogens is 1. The first-order chi connectivity index (χ1) is 8.08. The van der Waals surface area contributed by atoms with Gasteiger partial charge in [0.15, 0.2) is 0 Å². The van der Waals surface area contributed by atoms with Crippen LogP contribution in [0.1, 0.15) is 43.7 Å². The SMILES string of the molecule is CCCC(C(=O)OCC)c1cc(C)cc(F)c1. The first kappa shape index (κ1) is 13.7. The van der Waals surface area contributed by atoms with Crippen LogP contribution in [0.25, 0.3) is 0 Å². The number of hydrogen-bond donors (Lipinski definition) is 0. The van der Waals surface area contributed by atoms with Crippen molar-refractivity contribution in [3.63, 3.8) is 0 Å². The van der Waals surface area contributed by atoms with E-state index in [1.165, 1.54) is 12.1 Å². The molecule has 0 heterocycles. The van der Waals surface area contributed by atoms with Crippen molar-refractivity contribution in [3.05, 3.63) is 35.1 Å². The highest BCUT2D eigenvalue weighted by Gasteiger charge is 2.21. The van der Waals surface area contributed by atoms with Crippen molar-refractivity contribution in [2.45, 2.75) is 39.5 Å². The monoisotopic (exact) mass is 238 g/mol. The lowest BCUT2D eigenvalue weighted by atomic mass is 9.93. The Labute approximate surface area is 102 Å². The van der Waals surface area contributed by atoms with Gasteiger partial charge in [0.25, 0.3) is 0 Å². The highest BCUT2D eigenvalue weighted by atomic mass is 19.1. The predicted octanol–water partition coefficient (Wildman–Crippen LogP) is 3.58. The third-order valence-electron chi connectivity index (χ3n) is 2.62. The average Bonchev–Trinajstić information content (AvgIpc) is 2.24. The summed E-state index contributed by atoms with van der Waals surface area (Å²) in [5, 5.41) is 0. The molecule has 0 saturated carbocycles. The second-order valence-corrected chi connectivity index (χ2v) is 4.16. The van der Waals surface area contributed by atoms with Crippen molar-refractivity contribution in [3.8, 4) is 0 Å². The van der Waals surface area contributed by atoms with Crippen LogP contribution in [0.4, 0.5) is 4.39 Å². The Morgan fingerprint density at radius 3 is 2.59 bits per heavy atom. The molecule has 1 unspecified atom stereocenters. The molecule has 0 spiro atoms. The van der Waals surface area contributed by atoms with Gasteiger partial charge in [-0.3, -0.25) is 4.79 Å². The zero-order chi connectivity index (χ0) is 12.8. The second kappa shape index (κ2) is 6.38. The lowest BCUT2D eigenvalue weighted by Gasteiger charge is -2.15. The minimum absolute atomic E-state index is 0.264. The van der Waals surface area contributed by atoms with Crippen molar-refractivity contribution >= 4 is 5.97 Å². The van der Waals surface area contributed by atoms with Crippen LogP contribution >= 0.6 is 0 Å². The average molecular weight is 238 g/mol. The lowest BCUT2D eigenvalue weighted by Crippen LogP contribution is -2.16. The first-order valence-corrected chi connectivity index (χ1v) is 6.02. The molecule has 1 atom stereocenters. The van der Waals surface area contributed by atoms with E-state index in [4.69, 9.17) is 4.74 Å². The Morgan fingerprint density at radius 1 is 1.35 bits per heavy atom. The van der Waals surface area contributed by atoms with Gasteiger partial charge in [-0.15, -0.1) is 0 Å². The fourth-order valence-corrected chi connectivity index (χ4v) is 1.92. The summed E-state index contributed by atoms with van der Waals surface area (Å²) in [5.74, 6) is -0.917. The van der Waals surface area contributed by atoms with E-state index >= 15 is 0 Å². The van der Waals surface area contributed by atoms with Gasteiger partial charge in [0.05, 0.1) is 12.5 Å². The zero-order valence-corrected chi connectivity index (χ0v) is 10.6. The normalized spacial score (nSPS) is 12.2. The zero-order valence-electron chi connectivity index (χ0n) is 10.6. The largest absolute Gasteiger partial charge is 0.466 e. The fourth-order valence-electron chi connectivity index (χ4n) is 1.92.